The number of aromatic nitrogens is 1. The maximum atomic E-state index is 11.9. The molecule has 1 aromatic rings. The second-order valence-corrected chi connectivity index (χ2v) is 4.56. The molecule has 2 unspecified atom stereocenters. The molecule has 2 aliphatic heterocycles. The first kappa shape index (κ1) is 10.5. The molecule has 1 aromatic heterocycles. The van der Waals surface area contributed by atoms with Crippen molar-refractivity contribution in [1.29, 1.82) is 0 Å². The summed E-state index contributed by atoms with van der Waals surface area (Å²) >= 11 is 0. The first-order valence-corrected chi connectivity index (χ1v) is 6.03. The van der Waals surface area contributed by atoms with Crippen molar-refractivity contribution in [3.63, 3.8) is 0 Å². The normalized spacial score (nSPS) is 28.5. The summed E-state index contributed by atoms with van der Waals surface area (Å²) in [7, 11) is 0. The fourth-order valence-corrected chi connectivity index (χ4v) is 2.53. The summed E-state index contributed by atoms with van der Waals surface area (Å²) in [6.07, 6.45) is 2.81. The molecule has 5 heteroatoms. The van der Waals surface area contributed by atoms with Gasteiger partial charge in [-0.15, -0.1) is 0 Å². The van der Waals surface area contributed by atoms with Crippen molar-refractivity contribution in [3.05, 3.63) is 30.1 Å². The van der Waals surface area contributed by atoms with Gasteiger partial charge in [-0.2, -0.15) is 0 Å². The highest BCUT2D eigenvalue weighted by molar-refractivity contribution is 5.77. The molecular formula is C12H16N4O. The van der Waals surface area contributed by atoms with Gasteiger partial charge < -0.3 is 15.5 Å². The highest BCUT2D eigenvalue weighted by Gasteiger charge is 2.35. The van der Waals surface area contributed by atoms with Crippen LogP contribution in [0, 0.1) is 0 Å². The van der Waals surface area contributed by atoms with E-state index in [1.807, 2.05) is 23.1 Å². The van der Waals surface area contributed by atoms with Gasteiger partial charge in [-0.3, -0.25) is 4.98 Å². The van der Waals surface area contributed by atoms with E-state index in [0.717, 1.165) is 31.7 Å². The maximum Gasteiger partial charge on any atom is 0.318 e. The second kappa shape index (κ2) is 4.33. The summed E-state index contributed by atoms with van der Waals surface area (Å²) in [5.74, 6) is 0. The largest absolute Gasteiger partial charge is 0.328 e. The number of urea groups is 1. The van der Waals surface area contributed by atoms with Gasteiger partial charge in [0.05, 0.1) is 11.7 Å². The Morgan fingerprint density at radius 2 is 2.35 bits per heavy atom. The van der Waals surface area contributed by atoms with E-state index in [0.29, 0.717) is 6.04 Å². The zero-order chi connectivity index (χ0) is 11.7. The van der Waals surface area contributed by atoms with Crippen molar-refractivity contribution >= 4 is 6.03 Å². The van der Waals surface area contributed by atoms with Gasteiger partial charge >= 0.3 is 6.03 Å². The van der Waals surface area contributed by atoms with Crippen LogP contribution in [-0.2, 0) is 0 Å². The lowest BCUT2D eigenvalue weighted by Gasteiger charge is -2.21. The lowest BCUT2D eigenvalue weighted by atomic mass is 10.2. The number of carbonyl (C=O) groups is 1. The molecule has 0 aliphatic carbocycles. The number of nitrogens with zero attached hydrogens (tertiary/aromatic N) is 2. The Kier molecular flexibility index (Phi) is 2.68. The quantitative estimate of drug-likeness (QED) is 0.781. The minimum atomic E-state index is 0.0318. The van der Waals surface area contributed by atoms with E-state index in [2.05, 4.69) is 15.6 Å². The first-order chi connectivity index (χ1) is 8.34. The highest BCUT2D eigenvalue weighted by Crippen LogP contribution is 2.22. The number of pyridine rings is 1. The van der Waals surface area contributed by atoms with Gasteiger partial charge in [-0.25, -0.2) is 4.79 Å². The van der Waals surface area contributed by atoms with Crippen LogP contribution in [-0.4, -0.2) is 41.6 Å². The topological polar surface area (TPSA) is 57.3 Å². The molecule has 2 fully saturated rings. The van der Waals surface area contributed by atoms with Gasteiger partial charge in [-0.1, -0.05) is 6.07 Å². The summed E-state index contributed by atoms with van der Waals surface area (Å²) in [6.45, 7) is 2.63. The average molecular weight is 232 g/mol. The SMILES string of the molecule is O=C1NC(c2ccccn2)CN1C1CCNC1. The van der Waals surface area contributed by atoms with E-state index in [9.17, 15) is 4.79 Å². The monoisotopic (exact) mass is 232 g/mol. The predicted octanol–water partition coefficient (Wildman–Crippen LogP) is 0.510. The Bertz CT molecular complexity index is 402. The zero-order valence-corrected chi connectivity index (χ0v) is 9.60. The number of amides is 2. The Balaban J connectivity index is 1.73. The van der Waals surface area contributed by atoms with Crippen LogP contribution in [0.15, 0.2) is 24.4 Å². The number of hydrogen-bond acceptors (Lipinski definition) is 3. The van der Waals surface area contributed by atoms with Gasteiger partial charge in [0.1, 0.15) is 0 Å². The van der Waals surface area contributed by atoms with Gasteiger partial charge in [-0.05, 0) is 25.1 Å². The summed E-state index contributed by atoms with van der Waals surface area (Å²) in [5.41, 5.74) is 0.939. The van der Waals surface area contributed by atoms with Crippen molar-refractivity contribution < 1.29 is 4.79 Å². The van der Waals surface area contributed by atoms with Crippen molar-refractivity contribution in [2.45, 2.75) is 18.5 Å². The molecule has 2 amide bonds. The molecule has 90 valence electrons. The molecule has 0 saturated carbocycles. The van der Waals surface area contributed by atoms with Gasteiger partial charge in [0, 0.05) is 25.3 Å². The lowest BCUT2D eigenvalue weighted by Crippen LogP contribution is -2.39. The van der Waals surface area contributed by atoms with Crippen molar-refractivity contribution in [1.82, 2.24) is 20.5 Å². The minimum absolute atomic E-state index is 0.0318. The molecule has 0 radical (unpaired) electrons. The van der Waals surface area contributed by atoms with E-state index >= 15 is 0 Å². The standard InChI is InChI=1S/C12H16N4O/c17-12-15-11(10-3-1-2-5-14-10)8-16(12)9-4-6-13-7-9/h1-3,5,9,11,13H,4,6-8H2,(H,15,17). The lowest BCUT2D eigenvalue weighted by molar-refractivity contribution is 0.201. The third kappa shape index (κ3) is 1.98. The van der Waals surface area contributed by atoms with E-state index in [4.69, 9.17) is 0 Å². The zero-order valence-electron chi connectivity index (χ0n) is 9.60. The Hall–Kier alpha value is -1.62. The van der Waals surface area contributed by atoms with Crippen LogP contribution >= 0.6 is 0 Å². The van der Waals surface area contributed by atoms with Crippen molar-refractivity contribution in [2.24, 2.45) is 0 Å². The van der Waals surface area contributed by atoms with Crippen LogP contribution in [0.3, 0.4) is 0 Å². The average Bonchev–Trinajstić information content (AvgIpc) is 2.99. The third-order valence-electron chi connectivity index (χ3n) is 3.46. The van der Waals surface area contributed by atoms with Crippen molar-refractivity contribution in [3.8, 4) is 0 Å². The molecule has 3 heterocycles. The molecule has 17 heavy (non-hydrogen) atoms. The van der Waals surface area contributed by atoms with Gasteiger partial charge in [0.15, 0.2) is 0 Å². The Morgan fingerprint density at radius 1 is 1.41 bits per heavy atom. The number of rotatable bonds is 2. The van der Waals surface area contributed by atoms with E-state index in [1.165, 1.54) is 0 Å². The number of hydrogen-bond donors (Lipinski definition) is 2. The van der Waals surface area contributed by atoms with E-state index < -0.39 is 0 Å². The highest BCUT2D eigenvalue weighted by atomic mass is 16.2. The molecule has 2 aliphatic rings. The molecule has 2 N–H and O–H groups in total. The predicted molar refractivity (Wildman–Crippen MR) is 63.5 cm³/mol. The molecule has 3 rings (SSSR count). The molecule has 2 atom stereocenters. The smallest absolute Gasteiger partial charge is 0.318 e. The molecule has 5 nitrogen and oxygen atoms in total. The van der Waals surface area contributed by atoms with E-state index in [-0.39, 0.29) is 12.1 Å². The van der Waals surface area contributed by atoms with Crippen LogP contribution in [0.25, 0.3) is 0 Å². The maximum absolute atomic E-state index is 11.9. The number of nitrogens with one attached hydrogen (secondary N) is 2. The molecule has 0 bridgehead atoms. The van der Waals surface area contributed by atoms with Gasteiger partial charge in [0.25, 0.3) is 0 Å². The summed E-state index contributed by atoms with van der Waals surface area (Å²) in [6, 6.07) is 6.21. The third-order valence-corrected chi connectivity index (χ3v) is 3.46. The van der Waals surface area contributed by atoms with Gasteiger partial charge in [0.2, 0.25) is 0 Å². The van der Waals surface area contributed by atoms with Crippen LogP contribution in [0.2, 0.25) is 0 Å². The number of carbonyl (C=O) groups excluding carboxylic acids is 1. The van der Waals surface area contributed by atoms with Crippen LogP contribution in [0.5, 0.6) is 0 Å². The fourth-order valence-electron chi connectivity index (χ4n) is 2.53. The fraction of sp³-hybridized carbons (Fsp3) is 0.500. The Morgan fingerprint density at radius 3 is 3.06 bits per heavy atom. The summed E-state index contributed by atoms with van der Waals surface area (Å²) in [5, 5.41) is 6.28. The first-order valence-electron chi connectivity index (χ1n) is 6.03. The molecular weight excluding hydrogens is 216 g/mol. The summed E-state index contributed by atoms with van der Waals surface area (Å²) < 4.78 is 0. The summed E-state index contributed by atoms with van der Waals surface area (Å²) in [4.78, 5) is 18.1. The molecule has 0 aromatic carbocycles. The van der Waals surface area contributed by atoms with Crippen LogP contribution < -0.4 is 10.6 Å². The Labute approximate surface area is 100 Å². The van der Waals surface area contributed by atoms with E-state index in [1.54, 1.807) is 6.20 Å². The van der Waals surface area contributed by atoms with Crippen LogP contribution in [0.4, 0.5) is 4.79 Å². The second-order valence-electron chi connectivity index (χ2n) is 4.56. The molecule has 2 saturated heterocycles. The van der Waals surface area contributed by atoms with Crippen molar-refractivity contribution in [2.75, 3.05) is 19.6 Å². The minimum Gasteiger partial charge on any atom is -0.328 e. The van der Waals surface area contributed by atoms with Crippen LogP contribution in [0.1, 0.15) is 18.2 Å². The molecule has 0 spiro atoms.